The standard InChI is InChI=1S/C10H14N2O4S/c1-3-8(2)11-17(15,16)10-6-4-5-9(7-10)12(13)14/h4-8,11H,3H2,1-2H3/t8-/m1/s1. The molecule has 1 rings (SSSR count). The molecule has 94 valence electrons. The quantitative estimate of drug-likeness (QED) is 0.642. The number of nitro groups is 1. The Hall–Kier alpha value is -1.47. The Bertz CT molecular complexity index is 513. The molecule has 1 atom stereocenters. The van der Waals surface area contributed by atoms with Crippen molar-refractivity contribution in [3.63, 3.8) is 0 Å². The van der Waals surface area contributed by atoms with Crippen molar-refractivity contribution in [3.8, 4) is 0 Å². The molecule has 0 radical (unpaired) electrons. The molecule has 0 bridgehead atoms. The number of hydrogen-bond donors (Lipinski definition) is 1. The van der Waals surface area contributed by atoms with Crippen LogP contribution in [0.3, 0.4) is 0 Å². The zero-order valence-electron chi connectivity index (χ0n) is 9.58. The molecule has 7 heteroatoms. The topological polar surface area (TPSA) is 89.3 Å². The lowest BCUT2D eigenvalue weighted by molar-refractivity contribution is -0.385. The minimum atomic E-state index is -3.68. The van der Waals surface area contributed by atoms with Crippen LogP contribution in [0.2, 0.25) is 0 Å². The number of hydrogen-bond acceptors (Lipinski definition) is 4. The van der Waals surface area contributed by atoms with Crippen molar-refractivity contribution in [3.05, 3.63) is 34.4 Å². The van der Waals surface area contributed by atoms with Crippen molar-refractivity contribution in [1.82, 2.24) is 4.72 Å². The second-order valence-corrected chi connectivity index (χ2v) is 5.40. The Morgan fingerprint density at radius 2 is 2.12 bits per heavy atom. The molecule has 0 aromatic heterocycles. The second kappa shape index (κ2) is 5.24. The third-order valence-corrected chi connectivity index (χ3v) is 3.89. The van der Waals surface area contributed by atoms with Crippen molar-refractivity contribution in [2.24, 2.45) is 0 Å². The molecule has 1 aromatic rings. The van der Waals surface area contributed by atoms with E-state index in [0.29, 0.717) is 6.42 Å². The Labute approximate surface area is 99.9 Å². The van der Waals surface area contributed by atoms with Gasteiger partial charge in [-0.3, -0.25) is 10.1 Å². The van der Waals surface area contributed by atoms with Crippen LogP contribution in [0.1, 0.15) is 20.3 Å². The van der Waals surface area contributed by atoms with Crippen molar-refractivity contribution < 1.29 is 13.3 Å². The lowest BCUT2D eigenvalue weighted by atomic mass is 10.3. The molecule has 0 aliphatic carbocycles. The Kier molecular flexibility index (Phi) is 4.19. The molecule has 0 amide bonds. The highest BCUT2D eigenvalue weighted by molar-refractivity contribution is 7.89. The van der Waals surface area contributed by atoms with Crippen molar-refractivity contribution in [1.29, 1.82) is 0 Å². The van der Waals surface area contributed by atoms with Crippen LogP contribution in [-0.2, 0) is 10.0 Å². The number of rotatable bonds is 5. The zero-order chi connectivity index (χ0) is 13.1. The lowest BCUT2D eigenvalue weighted by Crippen LogP contribution is -2.31. The average molecular weight is 258 g/mol. The van der Waals surface area contributed by atoms with E-state index < -0.39 is 14.9 Å². The van der Waals surface area contributed by atoms with Crippen LogP contribution in [0.4, 0.5) is 5.69 Å². The van der Waals surface area contributed by atoms with Crippen molar-refractivity contribution in [2.75, 3.05) is 0 Å². The molecule has 0 aliphatic rings. The van der Waals surface area contributed by atoms with E-state index in [4.69, 9.17) is 0 Å². The van der Waals surface area contributed by atoms with Crippen LogP contribution in [0, 0.1) is 10.1 Å². The van der Waals surface area contributed by atoms with Crippen molar-refractivity contribution >= 4 is 15.7 Å². The predicted octanol–water partition coefficient (Wildman–Crippen LogP) is 1.67. The maximum absolute atomic E-state index is 11.8. The smallest absolute Gasteiger partial charge is 0.258 e. The van der Waals surface area contributed by atoms with Gasteiger partial charge in [0.25, 0.3) is 5.69 Å². The summed E-state index contributed by atoms with van der Waals surface area (Å²) in [6.45, 7) is 3.58. The predicted molar refractivity (Wildman–Crippen MR) is 63.2 cm³/mol. The molecule has 0 heterocycles. The first-order chi connectivity index (χ1) is 7.86. The van der Waals surface area contributed by atoms with E-state index in [1.807, 2.05) is 6.92 Å². The molecule has 1 aromatic carbocycles. The number of nitrogens with one attached hydrogen (secondary N) is 1. The summed E-state index contributed by atoms with van der Waals surface area (Å²) in [6.07, 6.45) is 0.647. The van der Waals surface area contributed by atoms with Gasteiger partial charge in [0.1, 0.15) is 0 Å². The highest BCUT2D eigenvalue weighted by Crippen LogP contribution is 2.17. The summed E-state index contributed by atoms with van der Waals surface area (Å²) in [4.78, 5) is 9.84. The second-order valence-electron chi connectivity index (χ2n) is 3.69. The third-order valence-electron chi connectivity index (χ3n) is 2.31. The minimum absolute atomic E-state index is 0.0907. The summed E-state index contributed by atoms with van der Waals surface area (Å²) in [7, 11) is -3.68. The van der Waals surface area contributed by atoms with Gasteiger partial charge in [0.15, 0.2) is 0 Å². The molecule has 1 N–H and O–H groups in total. The van der Waals surface area contributed by atoms with Gasteiger partial charge in [-0.25, -0.2) is 13.1 Å². The molecule has 0 saturated carbocycles. The van der Waals surface area contributed by atoms with E-state index in [2.05, 4.69) is 4.72 Å². The maximum Gasteiger partial charge on any atom is 0.270 e. The number of non-ortho nitro benzene ring substituents is 1. The van der Waals surface area contributed by atoms with E-state index in [1.54, 1.807) is 6.92 Å². The van der Waals surface area contributed by atoms with Gasteiger partial charge in [-0.2, -0.15) is 0 Å². The fourth-order valence-corrected chi connectivity index (χ4v) is 2.55. The summed E-state index contributed by atoms with van der Waals surface area (Å²) in [5.74, 6) is 0. The lowest BCUT2D eigenvalue weighted by Gasteiger charge is -2.11. The van der Waals surface area contributed by atoms with Crippen LogP contribution in [0.5, 0.6) is 0 Å². The average Bonchev–Trinajstić information content (AvgIpc) is 2.28. The van der Waals surface area contributed by atoms with E-state index in [-0.39, 0.29) is 16.6 Å². The molecule has 0 spiro atoms. The first-order valence-corrected chi connectivity index (χ1v) is 6.62. The SMILES string of the molecule is CC[C@@H](C)NS(=O)(=O)c1cccc([N+](=O)[O-])c1. The van der Waals surface area contributed by atoms with Crippen LogP contribution in [-0.4, -0.2) is 19.4 Å². The van der Waals surface area contributed by atoms with Gasteiger partial charge >= 0.3 is 0 Å². The number of benzene rings is 1. The summed E-state index contributed by atoms with van der Waals surface area (Å²) >= 11 is 0. The van der Waals surface area contributed by atoms with Gasteiger partial charge in [0.05, 0.1) is 9.82 Å². The summed E-state index contributed by atoms with van der Waals surface area (Å²) in [6, 6.07) is 4.77. The molecule has 0 saturated heterocycles. The Morgan fingerprint density at radius 3 is 2.65 bits per heavy atom. The largest absolute Gasteiger partial charge is 0.270 e. The first kappa shape index (κ1) is 13.6. The summed E-state index contributed by atoms with van der Waals surface area (Å²) in [5.41, 5.74) is -0.239. The number of nitro benzene ring substituents is 1. The molecule has 0 fully saturated rings. The highest BCUT2D eigenvalue weighted by atomic mass is 32.2. The summed E-state index contributed by atoms with van der Waals surface area (Å²) < 4.78 is 26.1. The Morgan fingerprint density at radius 1 is 1.47 bits per heavy atom. The van der Waals surface area contributed by atoms with Gasteiger partial charge in [-0.1, -0.05) is 13.0 Å². The molecule has 6 nitrogen and oxygen atoms in total. The van der Waals surface area contributed by atoms with E-state index in [9.17, 15) is 18.5 Å². The highest BCUT2D eigenvalue weighted by Gasteiger charge is 2.18. The minimum Gasteiger partial charge on any atom is -0.258 e. The normalized spacial score (nSPS) is 13.3. The zero-order valence-corrected chi connectivity index (χ0v) is 10.4. The van der Waals surface area contributed by atoms with Gasteiger partial charge in [-0.05, 0) is 19.4 Å². The molecular formula is C10H14N2O4S. The molecule has 17 heavy (non-hydrogen) atoms. The number of nitrogens with zero attached hydrogens (tertiary/aromatic N) is 1. The van der Waals surface area contributed by atoms with E-state index in [1.165, 1.54) is 18.2 Å². The van der Waals surface area contributed by atoms with E-state index >= 15 is 0 Å². The third kappa shape index (κ3) is 3.50. The fourth-order valence-electron chi connectivity index (χ4n) is 1.18. The Balaban J connectivity index is 3.07. The first-order valence-electron chi connectivity index (χ1n) is 5.13. The van der Waals surface area contributed by atoms with Crippen LogP contribution < -0.4 is 4.72 Å². The van der Waals surface area contributed by atoms with Crippen LogP contribution in [0.25, 0.3) is 0 Å². The number of sulfonamides is 1. The molecule has 0 unspecified atom stereocenters. The monoisotopic (exact) mass is 258 g/mol. The maximum atomic E-state index is 11.8. The molecule has 0 aliphatic heterocycles. The van der Waals surface area contributed by atoms with Crippen LogP contribution >= 0.6 is 0 Å². The van der Waals surface area contributed by atoms with Gasteiger partial charge < -0.3 is 0 Å². The molecular weight excluding hydrogens is 244 g/mol. The van der Waals surface area contributed by atoms with Gasteiger partial charge in [0.2, 0.25) is 10.0 Å². The van der Waals surface area contributed by atoms with Crippen molar-refractivity contribution in [2.45, 2.75) is 31.2 Å². The van der Waals surface area contributed by atoms with E-state index in [0.717, 1.165) is 6.07 Å². The van der Waals surface area contributed by atoms with Gasteiger partial charge in [-0.15, -0.1) is 0 Å². The summed E-state index contributed by atoms with van der Waals surface area (Å²) in [5, 5.41) is 10.5. The van der Waals surface area contributed by atoms with Crippen LogP contribution in [0.15, 0.2) is 29.2 Å². The fraction of sp³-hybridized carbons (Fsp3) is 0.400. The van der Waals surface area contributed by atoms with Gasteiger partial charge in [0, 0.05) is 18.2 Å².